The third kappa shape index (κ3) is 5.82. The Labute approximate surface area is 98.8 Å². The Morgan fingerprint density at radius 3 is 2.31 bits per heavy atom. The summed E-state index contributed by atoms with van der Waals surface area (Å²) in [6, 6.07) is 0. The van der Waals surface area contributed by atoms with Gasteiger partial charge in [-0.25, -0.2) is 5.14 Å². The van der Waals surface area contributed by atoms with Crippen molar-refractivity contribution >= 4 is 10.3 Å². The zero-order chi connectivity index (χ0) is 12.2. The van der Waals surface area contributed by atoms with E-state index in [0.29, 0.717) is 11.8 Å². The molecule has 0 radical (unpaired) electrons. The fourth-order valence-corrected chi connectivity index (χ4v) is 3.04. The number of nitrogens with two attached hydrogens (primary N) is 1. The van der Waals surface area contributed by atoms with Gasteiger partial charge in [-0.2, -0.15) is 8.42 Å². The highest BCUT2D eigenvalue weighted by atomic mass is 32.2. The summed E-state index contributed by atoms with van der Waals surface area (Å²) >= 11 is 0. The first-order valence-electron chi connectivity index (χ1n) is 6.08. The van der Waals surface area contributed by atoms with Crippen LogP contribution >= 0.6 is 0 Å². The minimum atomic E-state index is -3.81. The van der Waals surface area contributed by atoms with E-state index >= 15 is 0 Å². The molecule has 1 fully saturated rings. The molecule has 0 heterocycles. The van der Waals surface area contributed by atoms with Crippen LogP contribution in [0.5, 0.6) is 0 Å². The van der Waals surface area contributed by atoms with Crippen molar-refractivity contribution in [3.05, 3.63) is 0 Å². The van der Waals surface area contributed by atoms with Gasteiger partial charge in [-0.3, -0.25) is 4.18 Å². The van der Waals surface area contributed by atoms with Gasteiger partial charge in [0.25, 0.3) is 0 Å². The van der Waals surface area contributed by atoms with Crippen molar-refractivity contribution < 1.29 is 12.6 Å². The van der Waals surface area contributed by atoms with Crippen molar-refractivity contribution in [1.82, 2.24) is 0 Å². The van der Waals surface area contributed by atoms with E-state index in [0.717, 1.165) is 12.8 Å². The Kier molecular flexibility index (Phi) is 5.21. The van der Waals surface area contributed by atoms with Crippen molar-refractivity contribution in [2.45, 2.75) is 58.5 Å². The molecule has 1 saturated carbocycles. The summed E-state index contributed by atoms with van der Waals surface area (Å²) in [5.74, 6) is 1.04. The second-order valence-electron chi connectivity index (χ2n) is 5.23. The average Bonchev–Trinajstić information content (AvgIpc) is 2.51. The normalized spacial score (nSPS) is 20.5. The molecule has 0 aromatic heterocycles. The van der Waals surface area contributed by atoms with Gasteiger partial charge in [0.05, 0.1) is 6.10 Å². The molecule has 0 saturated heterocycles. The van der Waals surface area contributed by atoms with E-state index in [9.17, 15) is 8.42 Å². The summed E-state index contributed by atoms with van der Waals surface area (Å²) < 4.78 is 26.9. The Morgan fingerprint density at radius 2 is 1.88 bits per heavy atom. The fourth-order valence-electron chi connectivity index (χ4n) is 2.51. The Morgan fingerprint density at radius 1 is 1.31 bits per heavy atom. The lowest BCUT2D eigenvalue weighted by Gasteiger charge is -2.21. The second kappa shape index (κ2) is 5.98. The van der Waals surface area contributed by atoms with Crippen LogP contribution in [0.15, 0.2) is 0 Å². The first kappa shape index (κ1) is 13.9. The smallest absolute Gasteiger partial charge is 0.255 e. The molecular weight excluding hydrogens is 226 g/mol. The summed E-state index contributed by atoms with van der Waals surface area (Å²) in [5, 5.41) is 4.94. The molecule has 0 aromatic carbocycles. The molecule has 4 nitrogen and oxygen atoms in total. The van der Waals surface area contributed by atoms with Gasteiger partial charge in [-0.1, -0.05) is 39.5 Å². The third-order valence-electron chi connectivity index (χ3n) is 3.08. The summed E-state index contributed by atoms with van der Waals surface area (Å²) in [4.78, 5) is 0. The van der Waals surface area contributed by atoms with Crippen molar-refractivity contribution in [1.29, 1.82) is 0 Å². The largest absolute Gasteiger partial charge is 0.333 e. The maximum absolute atomic E-state index is 11.0. The zero-order valence-corrected chi connectivity index (χ0v) is 11.0. The number of hydrogen-bond acceptors (Lipinski definition) is 3. The van der Waals surface area contributed by atoms with Gasteiger partial charge in [0.1, 0.15) is 0 Å². The van der Waals surface area contributed by atoms with Crippen LogP contribution in [0.3, 0.4) is 0 Å². The molecule has 0 bridgehead atoms. The monoisotopic (exact) mass is 249 g/mol. The predicted octanol–water partition coefficient (Wildman–Crippen LogP) is 2.20. The predicted molar refractivity (Wildman–Crippen MR) is 64.0 cm³/mol. The Bertz CT molecular complexity index is 294. The molecule has 1 atom stereocenters. The molecule has 0 spiro atoms. The van der Waals surface area contributed by atoms with E-state index in [1.165, 1.54) is 25.7 Å². The van der Waals surface area contributed by atoms with E-state index in [1.807, 2.05) is 0 Å². The summed E-state index contributed by atoms with van der Waals surface area (Å²) in [7, 11) is -3.81. The van der Waals surface area contributed by atoms with Gasteiger partial charge in [0.15, 0.2) is 0 Å². The molecule has 1 unspecified atom stereocenters. The molecule has 96 valence electrons. The number of hydrogen-bond donors (Lipinski definition) is 1. The summed E-state index contributed by atoms with van der Waals surface area (Å²) in [6.45, 7) is 4.13. The van der Waals surface area contributed by atoms with Crippen LogP contribution in [0.2, 0.25) is 0 Å². The zero-order valence-electron chi connectivity index (χ0n) is 10.2. The van der Waals surface area contributed by atoms with E-state index < -0.39 is 10.3 Å². The molecule has 1 aliphatic rings. The van der Waals surface area contributed by atoms with E-state index in [1.54, 1.807) is 0 Å². The first-order valence-corrected chi connectivity index (χ1v) is 7.55. The molecular formula is C11H23NO3S. The van der Waals surface area contributed by atoms with Crippen molar-refractivity contribution in [3.8, 4) is 0 Å². The molecule has 0 aliphatic heterocycles. The summed E-state index contributed by atoms with van der Waals surface area (Å²) in [5.41, 5.74) is 0. The molecule has 0 amide bonds. The molecule has 1 rings (SSSR count). The highest BCUT2D eigenvalue weighted by molar-refractivity contribution is 7.84. The Balaban J connectivity index is 2.48. The fraction of sp³-hybridized carbons (Fsp3) is 1.00. The van der Waals surface area contributed by atoms with Crippen LogP contribution in [0.1, 0.15) is 52.4 Å². The highest BCUT2D eigenvalue weighted by Gasteiger charge is 2.24. The molecule has 5 heteroatoms. The van der Waals surface area contributed by atoms with Gasteiger partial charge < -0.3 is 0 Å². The molecule has 2 N–H and O–H groups in total. The Hall–Kier alpha value is -0.130. The van der Waals surface area contributed by atoms with Crippen LogP contribution in [0.25, 0.3) is 0 Å². The lowest BCUT2D eigenvalue weighted by Crippen LogP contribution is -2.27. The van der Waals surface area contributed by atoms with Crippen LogP contribution < -0.4 is 5.14 Å². The lowest BCUT2D eigenvalue weighted by atomic mass is 9.95. The van der Waals surface area contributed by atoms with E-state index in [4.69, 9.17) is 9.32 Å². The van der Waals surface area contributed by atoms with Gasteiger partial charge >= 0.3 is 10.3 Å². The minimum Gasteiger partial charge on any atom is -0.255 e. The van der Waals surface area contributed by atoms with E-state index in [2.05, 4.69) is 13.8 Å². The third-order valence-corrected chi connectivity index (χ3v) is 3.62. The average molecular weight is 249 g/mol. The molecule has 1 aliphatic carbocycles. The van der Waals surface area contributed by atoms with Crippen LogP contribution in [-0.2, 0) is 14.5 Å². The summed E-state index contributed by atoms with van der Waals surface area (Å²) in [6.07, 6.45) is 6.26. The standard InChI is InChI=1S/C11H23NO3S/c1-9(2)7-11(15-16(12,13)14)8-10-5-3-4-6-10/h9-11H,3-8H2,1-2H3,(H2,12,13,14). The lowest BCUT2D eigenvalue weighted by molar-refractivity contribution is 0.151. The van der Waals surface area contributed by atoms with Crippen molar-refractivity contribution in [2.75, 3.05) is 0 Å². The molecule has 16 heavy (non-hydrogen) atoms. The number of rotatable bonds is 6. The van der Waals surface area contributed by atoms with E-state index in [-0.39, 0.29) is 6.10 Å². The first-order chi connectivity index (χ1) is 7.37. The topological polar surface area (TPSA) is 69.4 Å². The molecule has 0 aromatic rings. The van der Waals surface area contributed by atoms with Crippen molar-refractivity contribution in [3.63, 3.8) is 0 Å². The van der Waals surface area contributed by atoms with Gasteiger partial charge in [0, 0.05) is 0 Å². The maximum atomic E-state index is 11.0. The van der Waals surface area contributed by atoms with Gasteiger partial charge in [-0.15, -0.1) is 0 Å². The SMILES string of the molecule is CC(C)CC(CC1CCCC1)OS(N)(=O)=O. The van der Waals surface area contributed by atoms with Crippen molar-refractivity contribution in [2.24, 2.45) is 17.0 Å². The van der Waals surface area contributed by atoms with Gasteiger partial charge in [0.2, 0.25) is 0 Å². The highest BCUT2D eigenvalue weighted by Crippen LogP contribution is 2.31. The second-order valence-corrected chi connectivity index (χ2v) is 6.40. The van der Waals surface area contributed by atoms with Gasteiger partial charge in [-0.05, 0) is 24.7 Å². The quantitative estimate of drug-likeness (QED) is 0.784. The maximum Gasteiger partial charge on any atom is 0.333 e. The van der Waals surface area contributed by atoms with Crippen LogP contribution in [-0.4, -0.2) is 14.5 Å². The van der Waals surface area contributed by atoms with Crippen LogP contribution in [0, 0.1) is 11.8 Å². The minimum absolute atomic E-state index is 0.238. The van der Waals surface area contributed by atoms with Crippen LogP contribution in [0.4, 0.5) is 0 Å².